The Labute approximate surface area is 211 Å². The molecule has 8 nitrogen and oxygen atoms in total. The molecule has 36 heavy (non-hydrogen) atoms. The number of pyridine rings is 2. The summed E-state index contributed by atoms with van der Waals surface area (Å²) in [6.07, 6.45) is 8.74. The molecule has 0 bridgehead atoms. The fourth-order valence-corrected chi connectivity index (χ4v) is 3.79. The molecule has 190 valence electrons. The van der Waals surface area contributed by atoms with Crippen molar-refractivity contribution in [2.75, 3.05) is 20.2 Å². The summed E-state index contributed by atoms with van der Waals surface area (Å²) < 4.78 is 7.12. The smallest absolute Gasteiger partial charge is 0.256 e. The molecule has 0 aliphatic heterocycles. The van der Waals surface area contributed by atoms with Gasteiger partial charge in [-0.3, -0.25) is 19.4 Å². The first kappa shape index (κ1) is 26.7. The normalized spacial score (nSPS) is 10.8. The van der Waals surface area contributed by atoms with E-state index in [4.69, 9.17) is 4.74 Å². The van der Waals surface area contributed by atoms with Crippen LogP contribution in [0.25, 0.3) is 0 Å². The third kappa shape index (κ3) is 7.53. The molecule has 0 saturated carbocycles. The molecular weight excluding hydrogens is 456 g/mol. The van der Waals surface area contributed by atoms with Gasteiger partial charge in [-0.2, -0.15) is 0 Å². The molecule has 1 aromatic carbocycles. The second kappa shape index (κ2) is 13.2. The van der Waals surface area contributed by atoms with Gasteiger partial charge in [-0.15, -0.1) is 0 Å². The number of aromatic nitrogens is 2. The van der Waals surface area contributed by atoms with E-state index in [0.29, 0.717) is 37.7 Å². The van der Waals surface area contributed by atoms with Gasteiger partial charge in [0.2, 0.25) is 5.43 Å². The van der Waals surface area contributed by atoms with Crippen molar-refractivity contribution in [3.05, 3.63) is 93.7 Å². The second-order valence-corrected chi connectivity index (χ2v) is 9.05. The van der Waals surface area contributed by atoms with Crippen molar-refractivity contribution in [1.29, 1.82) is 0 Å². The molecule has 2 N–H and O–H groups in total. The van der Waals surface area contributed by atoms with Crippen molar-refractivity contribution in [1.82, 2.24) is 20.2 Å². The summed E-state index contributed by atoms with van der Waals surface area (Å²) in [6.45, 7) is 5.31. The standard InChI is InChI=1S/C28H34N4O4/c1-20(2)10-16-31-28(35)24-19-32(17-22-8-4-5-9-25(22)36-3)18-23(26(24)33)27(34)30-13-6-7-21-11-14-29-15-12-21/h4-5,8-9,11-12,14-15,18-20H,6-7,10,13,16-17H2,1-3H3,(H,30,34)(H,31,35). The Morgan fingerprint density at radius 1 is 0.972 bits per heavy atom. The molecule has 0 saturated heterocycles. The third-order valence-corrected chi connectivity index (χ3v) is 5.80. The SMILES string of the molecule is COc1ccccc1Cn1cc(C(=O)NCCCc2ccncc2)c(=O)c(C(=O)NCCC(C)C)c1. The summed E-state index contributed by atoms with van der Waals surface area (Å²) in [5, 5.41) is 5.63. The van der Waals surface area contributed by atoms with Gasteiger partial charge in [0.25, 0.3) is 11.8 Å². The number of carbonyl (C=O) groups is 2. The minimum Gasteiger partial charge on any atom is -0.496 e. The zero-order valence-corrected chi connectivity index (χ0v) is 21.1. The van der Waals surface area contributed by atoms with Gasteiger partial charge in [0.05, 0.1) is 13.7 Å². The van der Waals surface area contributed by atoms with Crippen LogP contribution in [-0.2, 0) is 13.0 Å². The first-order chi connectivity index (χ1) is 17.4. The Balaban J connectivity index is 1.81. The maximum absolute atomic E-state index is 13.2. The van der Waals surface area contributed by atoms with E-state index in [2.05, 4.69) is 29.5 Å². The summed E-state index contributed by atoms with van der Waals surface area (Å²) in [5.41, 5.74) is 1.28. The Hall–Kier alpha value is -3.94. The Morgan fingerprint density at radius 3 is 2.25 bits per heavy atom. The van der Waals surface area contributed by atoms with Crippen LogP contribution in [0.15, 0.2) is 66.0 Å². The quantitative estimate of drug-likeness (QED) is 0.379. The molecule has 2 aromatic heterocycles. The van der Waals surface area contributed by atoms with Gasteiger partial charge in [-0.05, 0) is 48.9 Å². The molecule has 0 radical (unpaired) electrons. The number of aryl methyl sites for hydroxylation is 1. The first-order valence-electron chi connectivity index (χ1n) is 12.2. The lowest BCUT2D eigenvalue weighted by Gasteiger charge is -2.15. The van der Waals surface area contributed by atoms with Crippen molar-refractivity contribution < 1.29 is 14.3 Å². The largest absolute Gasteiger partial charge is 0.496 e. The van der Waals surface area contributed by atoms with E-state index in [-0.39, 0.29) is 11.1 Å². The number of carbonyl (C=O) groups excluding carboxylic acids is 2. The van der Waals surface area contributed by atoms with Crippen LogP contribution < -0.4 is 20.8 Å². The van der Waals surface area contributed by atoms with Gasteiger partial charge in [-0.1, -0.05) is 32.0 Å². The fourth-order valence-electron chi connectivity index (χ4n) is 3.79. The lowest BCUT2D eigenvalue weighted by molar-refractivity contribution is 0.0949. The van der Waals surface area contributed by atoms with Crippen molar-refractivity contribution in [2.45, 2.75) is 39.7 Å². The highest BCUT2D eigenvalue weighted by atomic mass is 16.5. The van der Waals surface area contributed by atoms with Crippen molar-refractivity contribution >= 4 is 11.8 Å². The van der Waals surface area contributed by atoms with Gasteiger partial charge < -0.3 is 19.9 Å². The Morgan fingerprint density at radius 2 is 1.61 bits per heavy atom. The van der Waals surface area contributed by atoms with E-state index in [0.717, 1.165) is 24.0 Å². The van der Waals surface area contributed by atoms with Gasteiger partial charge in [-0.25, -0.2) is 0 Å². The predicted octanol–water partition coefficient (Wildman–Crippen LogP) is 3.44. The molecule has 0 atom stereocenters. The van der Waals surface area contributed by atoms with Crippen LogP contribution >= 0.6 is 0 Å². The van der Waals surface area contributed by atoms with Crippen molar-refractivity contribution in [3.8, 4) is 5.75 Å². The summed E-state index contributed by atoms with van der Waals surface area (Å²) >= 11 is 0. The topological polar surface area (TPSA) is 102 Å². The molecule has 8 heteroatoms. The number of hydrogen-bond donors (Lipinski definition) is 2. The first-order valence-corrected chi connectivity index (χ1v) is 12.2. The highest BCUT2D eigenvalue weighted by Crippen LogP contribution is 2.18. The highest BCUT2D eigenvalue weighted by Gasteiger charge is 2.19. The monoisotopic (exact) mass is 490 g/mol. The van der Waals surface area contributed by atoms with Gasteiger partial charge in [0.15, 0.2) is 0 Å². The van der Waals surface area contributed by atoms with Crippen LogP contribution in [-0.4, -0.2) is 41.6 Å². The number of amides is 2. The lowest BCUT2D eigenvalue weighted by atomic mass is 10.1. The van der Waals surface area contributed by atoms with E-state index in [1.54, 1.807) is 24.1 Å². The van der Waals surface area contributed by atoms with Gasteiger partial charge in [0, 0.05) is 43.4 Å². The van der Waals surface area contributed by atoms with Crippen molar-refractivity contribution in [2.24, 2.45) is 5.92 Å². The van der Waals surface area contributed by atoms with Crippen molar-refractivity contribution in [3.63, 3.8) is 0 Å². The minimum absolute atomic E-state index is 0.0573. The molecule has 2 amide bonds. The third-order valence-electron chi connectivity index (χ3n) is 5.80. The average Bonchev–Trinajstić information content (AvgIpc) is 2.88. The highest BCUT2D eigenvalue weighted by molar-refractivity contribution is 5.99. The van der Waals surface area contributed by atoms with Crippen LogP contribution in [0.4, 0.5) is 0 Å². The molecule has 2 heterocycles. The number of methoxy groups -OCH3 is 1. The summed E-state index contributed by atoms with van der Waals surface area (Å²) in [6, 6.07) is 11.4. The van der Waals surface area contributed by atoms with Crippen LogP contribution in [0.1, 0.15) is 58.5 Å². The number of ether oxygens (including phenoxy) is 1. The number of hydrogen-bond acceptors (Lipinski definition) is 5. The molecule has 0 spiro atoms. The molecular formula is C28H34N4O4. The van der Waals surface area contributed by atoms with E-state index in [1.165, 1.54) is 12.4 Å². The van der Waals surface area contributed by atoms with Crippen LogP contribution in [0.3, 0.4) is 0 Å². The molecule has 3 rings (SSSR count). The summed E-state index contributed by atoms with van der Waals surface area (Å²) in [7, 11) is 1.59. The number of para-hydroxylation sites is 1. The van der Waals surface area contributed by atoms with Gasteiger partial charge in [0.1, 0.15) is 16.9 Å². The number of rotatable bonds is 12. The van der Waals surface area contributed by atoms with E-state index in [9.17, 15) is 14.4 Å². The molecule has 0 unspecified atom stereocenters. The van der Waals surface area contributed by atoms with E-state index >= 15 is 0 Å². The Kier molecular flexibility index (Phi) is 9.80. The summed E-state index contributed by atoms with van der Waals surface area (Å²) in [4.78, 5) is 43.0. The predicted molar refractivity (Wildman–Crippen MR) is 139 cm³/mol. The molecule has 0 aliphatic carbocycles. The average molecular weight is 491 g/mol. The van der Waals surface area contributed by atoms with Crippen LogP contribution in [0, 0.1) is 5.92 Å². The fraction of sp³-hybridized carbons (Fsp3) is 0.357. The zero-order valence-electron chi connectivity index (χ0n) is 21.1. The Bertz CT molecular complexity index is 1220. The second-order valence-electron chi connectivity index (χ2n) is 9.05. The molecule has 0 fully saturated rings. The maximum atomic E-state index is 13.2. The van der Waals surface area contributed by atoms with Gasteiger partial charge >= 0.3 is 0 Å². The number of nitrogens with zero attached hydrogens (tertiary/aromatic N) is 2. The van der Waals surface area contributed by atoms with E-state index < -0.39 is 17.2 Å². The lowest BCUT2D eigenvalue weighted by Crippen LogP contribution is -2.36. The number of nitrogens with one attached hydrogen (secondary N) is 2. The maximum Gasteiger partial charge on any atom is 0.256 e. The number of benzene rings is 1. The summed E-state index contributed by atoms with van der Waals surface area (Å²) in [5.74, 6) is 0.111. The zero-order chi connectivity index (χ0) is 25.9. The van der Waals surface area contributed by atoms with E-state index in [1.807, 2.05) is 36.4 Å². The van der Waals surface area contributed by atoms with Crippen LogP contribution in [0.5, 0.6) is 5.75 Å². The minimum atomic E-state index is -0.583. The molecule has 0 aliphatic rings. The molecule has 3 aromatic rings. The van der Waals surface area contributed by atoms with Crippen LogP contribution in [0.2, 0.25) is 0 Å².